The lowest BCUT2D eigenvalue weighted by molar-refractivity contribution is 0.0959. The predicted molar refractivity (Wildman–Crippen MR) is 148 cm³/mol. The number of methoxy groups -OCH3 is 2. The first-order chi connectivity index (χ1) is 18.0. The van der Waals surface area contributed by atoms with Crippen molar-refractivity contribution in [3.8, 4) is 33.2 Å². The van der Waals surface area contributed by atoms with E-state index < -0.39 is 0 Å². The molecule has 0 spiro atoms. The van der Waals surface area contributed by atoms with E-state index in [9.17, 15) is 9.18 Å². The normalized spacial score (nSPS) is 11.0. The molecule has 3 aromatic heterocycles. The van der Waals surface area contributed by atoms with E-state index in [0.717, 1.165) is 27.3 Å². The van der Waals surface area contributed by atoms with Gasteiger partial charge in [0.05, 0.1) is 30.5 Å². The molecule has 0 saturated carbocycles. The first-order valence-corrected chi connectivity index (χ1v) is 13.2. The van der Waals surface area contributed by atoms with Crippen molar-refractivity contribution >= 4 is 44.5 Å². The molecule has 0 atom stereocenters. The third kappa shape index (κ3) is 5.00. The summed E-state index contributed by atoms with van der Waals surface area (Å²) in [6, 6.07) is 17.8. The number of pyridine rings is 1. The second kappa shape index (κ2) is 10.6. The number of nitrogens with zero attached hydrogens (tertiary/aromatic N) is 1. The summed E-state index contributed by atoms with van der Waals surface area (Å²) in [5.74, 6) is 0.713. The van der Waals surface area contributed by atoms with Crippen LogP contribution in [0.2, 0.25) is 0 Å². The average molecular weight is 534 g/mol. The Balaban J connectivity index is 1.45. The van der Waals surface area contributed by atoms with Crippen LogP contribution in [0.25, 0.3) is 31.9 Å². The van der Waals surface area contributed by atoms with E-state index >= 15 is 0 Å². The van der Waals surface area contributed by atoms with Crippen LogP contribution < -0.4 is 20.5 Å². The zero-order valence-electron chi connectivity index (χ0n) is 20.2. The lowest BCUT2D eigenvalue weighted by atomic mass is 10.0. The number of carbonyl (C=O) groups is 1. The Kier molecular flexibility index (Phi) is 7.07. The zero-order valence-corrected chi connectivity index (χ0v) is 21.8. The number of benzene rings is 2. The fraction of sp³-hybridized carbons (Fsp3) is 0.143. The highest BCUT2D eigenvalue weighted by Crippen LogP contribution is 2.42. The third-order valence-electron chi connectivity index (χ3n) is 5.98. The molecule has 6 nitrogen and oxygen atoms in total. The Morgan fingerprint density at radius 3 is 2.54 bits per heavy atom. The highest BCUT2D eigenvalue weighted by atomic mass is 32.1. The lowest BCUT2D eigenvalue weighted by Gasteiger charge is -2.10. The fourth-order valence-corrected chi connectivity index (χ4v) is 5.86. The lowest BCUT2D eigenvalue weighted by Crippen LogP contribution is -2.25. The van der Waals surface area contributed by atoms with Crippen molar-refractivity contribution in [1.29, 1.82) is 0 Å². The van der Waals surface area contributed by atoms with Gasteiger partial charge in [0.15, 0.2) is 11.5 Å². The van der Waals surface area contributed by atoms with Crippen LogP contribution in [-0.2, 0) is 6.42 Å². The van der Waals surface area contributed by atoms with Crippen LogP contribution in [0.4, 0.5) is 10.1 Å². The van der Waals surface area contributed by atoms with Crippen LogP contribution in [0.15, 0.2) is 66.0 Å². The molecule has 0 unspecified atom stereocenters. The number of halogens is 1. The van der Waals surface area contributed by atoms with Crippen LogP contribution in [0.1, 0.15) is 15.2 Å². The molecule has 0 radical (unpaired) electrons. The Hall–Kier alpha value is -3.95. The topological polar surface area (TPSA) is 86.5 Å². The standard InChI is InChI=1S/C28H24FN3O3S2/c1-34-21-10-5-16(14-22(21)35-2)11-12-31-27(33)26-25(30)24-19(17-6-8-18(29)9-7-17)15-20(32-28(24)37-26)23-4-3-13-36-23/h3-10,13-15H,11-12,30H2,1-2H3,(H,31,33). The van der Waals surface area contributed by atoms with Gasteiger partial charge in [0.25, 0.3) is 5.91 Å². The van der Waals surface area contributed by atoms with Gasteiger partial charge in [0, 0.05) is 11.9 Å². The van der Waals surface area contributed by atoms with E-state index in [2.05, 4.69) is 5.32 Å². The third-order valence-corrected chi connectivity index (χ3v) is 7.97. The summed E-state index contributed by atoms with van der Waals surface area (Å²) in [7, 11) is 3.18. The summed E-state index contributed by atoms with van der Waals surface area (Å²) in [4.78, 5) is 20.0. The van der Waals surface area contributed by atoms with E-state index in [1.165, 1.54) is 23.5 Å². The molecular weight excluding hydrogens is 509 g/mol. The maximum Gasteiger partial charge on any atom is 0.263 e. The van der Waals surface area contributed by atoms with Gasteiger partial charge in [-0.2, -0.15) is 0 Å². The van der Waals surface area contributed by atoms with Crippen molar-refractivity contribution in [2.24, 2.45) is 0 Å². The minimum atomic E-state index is -0.319. The summed E-state index contributed by atoms with van der Waals surface area (Å²) in [6.45, 7) is 0.417. The molecule has 1 amide bonds. The van der Waals surface area contributed by atoms with E-state index in [0.29, 0.717) is 45.2 Å². The predicted octanol–water partition coefficient (Wildman–Crippen LogP) is 6.40. The molecule has 0 aliphatic rings. The van der Waals surface area contributed by atoms with Crippen molar-refractivity contribution in [3.05, 3.63) is 82.3 Å². The van der Waals surface area contributed by atoms with Crippen molar-refractivity contribution < 1.29 is 18.7 Å². The van der Waals surface area contributed by atoms with Crippen molar-refractivity contribution in [1.82, 2.24) is 10.3 Å². The van der Waals surface area contributed by atoms with Crippen LogP contribution in [-0.4, -0.2) is 31.7 Å². The molecule has 2 aromatic carbocycles. The second-order valence-electron chi connectivity index (χ2n) is 8.26. The summed E-state index contributed by atoms with van der Waals surface area (Å²) in [5, 5.41) is 5.65. The number of rotatable bonds is 8. The first kappa shape index (κ1) is 24.7. The number of ether oxygens (including phenoxy) is 2. The number of nitrogen functional groups attached to an aromatic ring is 1. The SMILES string of the molecule is COc1ccc(CCNC(=O)c2sc3nc(-c4cccs4)cc(-c4ccc(F)cc4)c3c2N)cc1OC. The Morgan fingerprint density at radius 1 is 1.05 bits per heavy atom. The Labute approximate surface area is 221 Å². The van der Waals surface area contributed by atoms with E-state index in [4.69, 9.17) is 20.2 Å². The summed E-state index contributed by atoms with van der Waals surface area (Å²) in [5.41, 5.74) is 10.3. The molecular formula is C28H24FN3O3S2. The largest absolute Gasteiger partial charge is 0.493 e. The highest BCUT2D eigenvalue weighted by Gasteiger charge is 2.22. The minimum absolute atomic E-state index is 0.260. The summed E-state index contributed by atoms with van der Waals surface area (Å²) in [6.07, 6.45) is 0.610. The van der Waals surface area contributed by atoms with Crippen molar-refractivity contribution in [3.63, 3.8) is 0 Å². The van der Waals surface area contributed by atoms with Gasteiger partial charge in [-0.05, 0) is 64.9 Å². The molecule has 0 aliphatic heterocycles. The number of hydrogen-bond donors (Lipinski definition) is 2. The Bertz CT molecular complexity index is 1560. The molecule has 0 saturated heterocycles. The molecule has 0 aliphatic carbocycles. The van der Waals surface area contributed by atoms with Gasteiger partial charge >= 0.3 is 0 Å². The molecule has 3 heterocycles. The summed E-state index contributed by atoms with van der Waals surface area (Å²) < 4.78 is 24.3. The quantitative estimate of drug-likeness (QED) is 0.241. The number of nitrogens with two attached hydrogens (primary N) is 1. The Morgan fingerprint density at radius 2 is 1.84 bits per heavy atom. The van der Waals surface area contributed by atoms with Crippen LogP contribution in [0.5, 0.6) is 11.5 Å². The van der Waals surface area contributed by atoms with E-state index in [1.807, 2.05) is 41.8 Å². The smallest absolute Gasteiger partial charge is 0.263 e. The molecule has 5 rings (SSSR count). The molecule has 188 valence electrons. The van der Waals surface area contributed by atoms with Gasteiger partial charge in [0.1, 0.15) is 15.5 Å². The monoisotopic (exact) mass is 533 g/mol. The maximum atomic E-state index is 13.6. The van der Waals surface area contributed by atoms with Crippen molar-refractivity contribution in [2.45, 2.75) is 6.42 Å². The van der Waals surface area contributed by atoms with Crippen molar-refractivity contribution in [2.75, 3.05) is 26.5 Å². The van der Waals surface area contributed by atoms with Gasteiger partial charge in [0.2, 0.25) is 0 Å². The van der Waals surface area contributed by atoms with E-state index in [-0.39, 0.29) is 11.7 Å². The zero-order chi connectivity index (χ0) is 25.9. The average Bonchev–Trinajstić information content (AvgIpc) is 3.57. The number of hydrogen-bond acceptors (Lipinski definition) is 7. The van der Waals surface area contributed by atoms with Gasteiger partial charge in [-0.15, -0.1) is 22.7 Å². The minimum Gasteiger partial charge on any atom is -0.493 e. The van der Waals surface area contributed by atoms with Crippen LogP contribution in [0.3, 0.4) is 0 Å². The second-order valence-corrected chi connectivity index (χ2v) is 10.2. The number of thiophene rings is 2. The molecule has 9 heteroatoms. The number of amides is 1. The number of fused-ring (bicyclic) bond motifs is 1. The molecule has 0 fully saturated rings. The highest BCUT2D eigenvalue weighted by molar-refractivity contribution is 7.21. The van der Waals surface area contributed by atoms with Crippen LogP contribution >= 0.6 is 22.7 Å². The first-order valence-electron chi connectivity index (χ1n) is 11.5. The van der Waals surface area contributed by atoms with Gasteiger partial charge < -0.3 is 20.5 Å². The molecule has 3 N–H and O–H groups in total. The molecule has 0 bridgehead atoms. The van der Waals surface area contributed by atoms with E-state index in [1.54, 1.807) is 37.7 Å². The number of anilines is 1. The summed E-state index contributed by atoms with van der Waals surface area (Å²) >= 11 is 2.84. The fourth-order valence-electron chi connectivity index (χ4n) is 4.13. The number of aromatic nitrogens is 1. The van der Waals surface area contributed by atoms with Gasteiger partial charge in [-0.1, -0.05) is 24.3 Å². The number of carbonyl (C=O) groups excluding carboxylic acids is 1. The molecule has 37 heavy (non-hydrogen) atoms. The number of nitrogens with one attached hydrogen (secondary N) is 1. The van der Waals surface area contributed by atoms with Crippen LogP contribution in [0, 0.1) is 5.82 Å². The molecule has 5 aromatic rings. The maximum absolute atomic E-state index is 13.6. The van der Waals surface area contributed by atoms with Gasteiger partial charge in [-0.3, -0.25) is 4.79 Å². The van der Waals surface area contributed by atoms with Gasteiger partial charge in [-0.25, -0.2) is 9.37 Å².